The summed E-state index contributed by atoms with van der Waals surface area (Å²) in [7, 11) is 0. The van der Waals surface area contributed by atoms with Gasteiger partial charge in [0.2, 0.25) is 0 Å². The highest BCUT2D eigenvalue weighted by Gasteiger charge is 2.33. The molecule has 0 bridgehead atoms. The average Bonchev–Trinajstić information content (AvgIpc) is 2.74. The number of benzene rings is 1. The quantitative estimate of drug-likeness (QED) is 0.268. The number of aromatic carboxylic acids is 1. The highest BCUT2D eigenvalue weighted by Crippen LogP contribution is 2.42. The second-order valence-corrected chi connectivity index (χ2v) is 9.66. The van der Waals surface area contributed by atoms with Crippen molar-refractivity contribution < 1.29 is 19.4 Å². The molecule has 1 aromatic carbocycles. The molecule has 1 aromatic rings. The smallest absolute Gasteiger partial charge is 0.337 e. The standard InChI is InChI=1S/C25H35ClO4/c1-2-3-4-5-17-6-8-18(9-7-17)19-10-12-20(13-11-19)25(29)30-21-14-15-22(24(27)28)23(26)16-21/h14-20H,2-13H2,1H3,(H,27,28). The molecule has 0 aromatic heterocycles. The van der Waals surface area contributed by atoms with Gasteiger partial charge in [0.05, 0.1) is 16.5 Å². The molecular weight excluding hydrogens is 400 g/mol. The monoisotopic (exact) mass is 434 g/mol. The lowest BCUT2D eigenvalue weighted by Gasteiger charge is -2.37. The summed E-state index contributed by atoms with van der Waals surface area (Å²) in [4.78, 5) is 23.6. The molecule has 4 nitrogen and oxygen atoms in total. The number of ether oxygens (including phenoxy) is 1. The van der Waals surface area contributed by atoms with Crippen LogP contribution in [0, 0.1) is 23.7 Å². The number of rotatable bonds is 8. The normalized spacial score (nSPS) is 26.9. The van der Waals surface area contributed by atoms with Crippen molar-refractivity contribution in [3.05, 3.63) is 28.8 Å². The molecule has 5 heteroatoms. The van der Waals surface area contributed by atoms with E-state index in [0.717, 1.165) is 43.4 Å². The van der Waals surface area contributed by atoms with Gasteiger partial charge in [-0.1, -0.05) is 57.0 Å². The Kier molecular flexibility index (Phi) is 8.61. The molecule has 2 fully saturated rings. The fourth-order valence-electron chi connectivity index (χ4n) is 5.39. The first-order valence-corrected chi connectivity index (χ1v) is 12.1. The summed E-state index contributed by atoms with van der Waals surface area (Å²) in [6.45, 7) is 2.27. The van der Waals surface area contributed by atoms with Crippen molar-refractivity contribution in [3.8, 4) is 5.75 Å². The van der Waals surface area contributed by atoms with Gasteiger partial charge in [-0.25, -0.2) is 4.79 Å². The maximum absolute atomic E-state index is 12.6. The number of carboxylic acid groups (broad SMARTS) is 1. The van der Waals surface area contributed by atoms with Gasteiger partial charge < -0.3 is 9.84 Å². The molecular formula is C25H35ClO4. The first-order chi connectivity index (χ1) is 14.5. The van der Waals surface area contributed by atoms with Gasteiger partial charge in [0.25, 0.3) is 0 Å². The van der Waals surface area contributed by atoms with Crippen molar-refractivity contribution in [3.63, 3.8) is 0 Å². The topological polar surface area (TPSA) is 63.6 Å². The van der Waals surface area contributed by atoms with Crippen molar-refractivity contribution in [1.29, 1.82) is 0 Å². The van der Waals surface area contributed by atoms with Crippen LogP contribution in [0.1, 0.15) is 94.3 Å². The maximum atomic E-state index is 12.6. The number of hydrogen-bond donors (Lipinski definition) is 1. The van der Waals surface area contributed by atoms with Crippen LogP contribution in [0.25, 0.3) is 0 Å². The van der Waals surface area contributed by atoms with E-state index in [0.29, 0.717) is 5.75 Å². The van der Waals surface area contributed by atoms with Crippen molar-refractivity contribution >= 4 is 23.5 Å². The van der Waals surface area contributed by atoms with Gasteiger partial charge in [0.1, 0.15) is 5.75 Å². The molecule has 2 saturated carbocycles. The summed E-state index contributed by atoms with van der Waals surface area (Å²) in [5.74, 6) is 1.49. The van der Waals surface area contributed by atoms with Crippen LogP contribution in [0.15, 0.2) is 18.2 Å². The van der Waals surface area contributed by atoms with Gasteiger partial charge in [0, 0.05) is 6.07 Å². The first-order valence-electron chi connectivity index (χ1n) is 11.7. The van der Waals surface area contributed by atoms with Gasteiger partial charge in [0.15, 0.2) is 0 Å². The third-order valence-electron chi connectivity index (χ3n) is 7.27. The fourth-order valence-corrected chi connectivity index (χ4v) is 5.64. The van der Waals surface area contributed by atoms with Gasteiger partial charge in [-0.15, -0.1) is 0 Å². The number of unbranched alkanes of at least 4 members (excludes halogenated alkanes) is 2. The zero-order valence-electron chi connectivity index (χ0n) is 18.1. The van der Waals surface area contributed by atoms with Crippen LogP contribution in [0.5, 0.6) is 5.75 Å². The molecule has 0 radical (unpaired) electrons. The molecule has 0 unspecified atom stereocenters. The van der Waals surface area contributed by atoms with Crippen LogP contribution >= 0.6 is 11.6 Å². The van der Waals surface area contributed by atoms with E-state index < -0.39 is 5.97 Å². The lowest BCUT2D eigenvalue weighted by molar-refractivity contribution is -0.140. The fraction of sp³-hybridized carbons (Fsp3) is 0.680. The van der Waals surface area contributed by atoms with E-state index in [4.69, 9.17) is 21.4 Å². The Hall–Kier alpha value is -1.55. The Morgan fingerprint density at radius 2 is 1.63 bits per heavy atom. The van der Waals surface area contributed by atoms with Crippen LogP contribution in [-0.2, 0) is 4.79 Å². The number of hydrogen-bond acceptors (Lipinski definition) is 3. The van der Waals surface area contributed by atoms with E-state index in [9.17, 15) is 9.59 Å². The summed E-state index contributed by atoms with van der Waals surface area (Å²) in [6, 6.07) is 4.29. The van der Waals surface area contributed by atoms with Gasteiger partial charge in [-0.2, -0.15) is 0 Å². The van der Waals surface area contributed by atoms with Gasteiger partial charge in [-0.05, 0) is 68.4 Å². The van der Waals surface area contributed by atoms with E-state index in [1.165, 1.54) is 69.6 Å². The van der Waals surface area contributed by atoms with Crippen molar-refractivity contribution in [2.75, 3.05) is 0 Å². The Balaban J connectivity index is 1.41. The highest BCUT2D eigenvalue weighted by molar-refractivity contribution is 6.33. The minimum atomic E-state index is -1.09. The minimum absolute atomic E-state index is 0.0112. The van der Waals surface area contributed by atoms with Crippen molar-refractivity contribution in [1.82, 2.24) is 0 Å². The Labute approximate surface area is 185 Å². The van der Waals surface area contributed by atoms with Gasteiger partial charge in [-0.3, -0.25) is 4.79 Å². The van der Waals surface area contributed by atoms with Crippen LogP contribution in [0.2, 0.25) is 5.02 Å². The summed E-state index contributed by atoms with van der Waals surface area (Å²) in [5, 5.41) is 9.13. The third kappa shape index (κ3) is 6.23. The molecule has 3 rings (SSSR count). The Morgan fingerprint density at radius 1 is 1.00 bits per heavy atom. The predicted molar refractivity (Wildman–Crippen MR) is 119 cm³/mol. The molecule has 0 aliphatic heterocycles. The molecule has 0 heterocycles. The zero-order chi connectivity index (χ0) is 21.5. The molecule has 166 valence electrons. The average molecular weight is 435 g/mol. The lowest BCUT2D eigenvalue weighted by Crippen LogP contribution is -2.30. The number of carbonyl (C=O) groups is 2. The summed E-state index contributed by atoms with van der Waals surface area (Å²) in [6.07, 6.45) is 15.0. The number of halogens is 1. The summed E-state index contributed by atoms with van der Waals surface area (Å²) < 4.78 is 5.49. The summed E-state index contributed by atoms with van der Waals surface area (Å²) in [5.41, 5.74) is 0.0112. The number of carboxylic acids is 1. The second kappa shape index (κ2) is 11.2. The Morgan fingerprint density at radius 3 is 2.20 bits per heavy atom. The molecule has 0 amide bonds. The molecule has 1 N–H and O–H groups in total. The van der Waals surface area contributed by atoms with E-state index in [2.05, 4.69) is 6.92 Å². The Bertz CT molecular complexity index is 716. The largest absolute Gasteiger partial charge is 0.478 e. The molecule has 30 heavy (non-hydrogen) atoms. The van der Waals surface area contributed by atoms with Crippen LogP contribution in [0.4, 0.5) is 0 Å². The van der Waals surface area contributed by atoms with E-state index in [-0.39, 0.29) is 22.5 Å². The number of esters is 1. The SMILES string of the molecule is CCCCCC1CCC(C2CCC(C(=O)Oc3ccc(C(=O)O)c(Cl)c3)CC2)CC1. The van der Waals surface area contributed by atoms with E-state index in [1.807, 2.05) is 0 Å². The lowest BCUT2D eigenvalue weighted by atomic mass is 9.68. The van der Waals surface area contributed by atoms with E-state index in [1.54, 1.807) is 0 Å². The van der Waals surface area contributed by atoms with Crippen molar-refractivity contribution in [2.24, 2.45) is 23.7 Å². The van der Waals surface area contributed by atoms with E-state index >= 15 is 0 Å². The molecule has 2 aliphatic rings. The molecule has 0 atom stereocenters. The second-order valence-electron chi connectivity index (χ2n) is 9.26. The molecule has 0 saturated heterocycles. The third-order valence-corrected chi connectivity index (χ3v) is 7.58. The number of carbonyl (C=O) groups excluding carboxylic acids is 1. The van der Waals surface area contributed by atoms with Gasteiger partial charge >= 0.3 is 11.9 Å². The minimum Gasteiger partial charge on any atom is -0.478 e. The molecule has 0 spiro atoms. The summed E-state index contributed by atoms with van der Waals surface area (Å²) >= 11 is 5.97. The van der Waals surface area contributed by atoms with Crippen molar-refractivity contribution in [2.45, 2.75) is 84.0 Å². The van der Waals surface area contributed by atoms with Crippen LogP contribution < -0.4 is 4.74 Å². The zero-order valence-corrected chi connectivity index (χ0v) is 18.8. The van der Waals surface area contributed by atoms with Crippen LogP contribution in [0.3, 0.4) is 0 Å². The van der Waals surface area contributed by atoms with Crippen LogP contribution in [-0.4, -0.2) is 17.0 Å². The molecule has 2 aliphatic carbocycles. The maximum Gasteiger partial charge on any atom is 0.337 e. The highest BCUT2D eigenvalue weighted by atomic mass is 35.5. The predicted octanol–water partition coefficient (Wildman–Crippen LogP) is 7.14. The first kappa shape index (κ1) is 23.1.